The Kier molecular flexibility index (Phi) is 16.2. The van der Waals surface area contributed by atoms with E-state index in [0.717, 1.165) is 0 Å². The van der Waals surface area contributed by atoms with E-state index >= 15 is 0 Å². The van der Waals surface area contributed by atoms with Crippen LogP contribution in [-0.4, -0.2) is 0 Å². The van der Waals surface area contributed by atoms with Gasteiger partial charge in [0.1, 0.15) is 0 Å². The predicted octanol–water partition coefficient (Wildman–Crippen LogP) is 6.29. The van der Waals surface area contributed by atoms with Crippen LogP contribution >= 0.6 is 0 Å². The van der Waals surface area contributed by atoms with Crippen molar-refractivity contribution in [2.75, 3.05) is 0 Å². The molecule has 0 aromatic carbocycles. The first kappa shape index (κ1) is 17.9. The number of rotatable bonds is 4. The fourth-order valence-electron chi connectivity index (χ4n) is 1.84. The maximum Gasteiger partial charge on any atom is -0.0282 e. The maximum atomic E-state index is 2.44. The highest BCUT2D eigenvalue weighted by Crippen LogP contribution is 2.25. The summed E-state index contributed by atoms with van der Waals surface area (Å²) in [5, 5.41) is 0. The van der Waals surface area contributed by atoms with E-state index in [2.05, 4.69) is 26.0 Å². The molecule has 1 rings (SSSR count). The second kappa shape index (κ2) is 14.5. The van der Waals surface area contributed by atoms with Gasteiger partial charge in [-0.1, -0.05) is 66.5 Å². The summed E-state index contributed by atoms with van der Waals surface area (Å²) in [6, 6.07) is 0. The molecule has 0 unspecified atom stereocenters. The fourth-order valence-corrected chi connectivity index (χ4v) is 1.84. The molecule has 1 aliphatic carbocycles. The molecule has 0 radical (unpaired) electrons. The normalized spacial score (nSPS) is 13.6. The molecule has 0 saturated carbocycles. The number of allylic oxidation sites excluding steroid dienone is 4. The highest BCUT2D eigenvalue weighted by Gasteiger charge is 2.06. The summed E-state index contributed by atoms with van der Waals surface area (Å²) >= 11 is 0. The molecule has 16 heavy (non-hydrogen) atoms. The quantitative estimate of drug-likeness (QED) is 0.526. The molecule has 0 heteroatoms. The predicted molar refractivity (Wildman–Crippen MR) is 77.9 cm³/mol. The molecule has 0 aromatic heterocycles. The van der Waals surface area contributed by atoms with Gasteiger partial charge in [0.25, 0.3) is 0 Å². The first-order valence-corrected chi connectivity index (χ1v) is 7.27. The first-order chi connectivity index (χ1) is 7.88. The third-order valence-corrected chi connectivity index (χ3v) is 2.40. The molecular formula is C16H32. The van der Waals surface area contributed by atoms with Gasteiger partial charge in [0.15, 0.2) is 0 Å². The Morgan fingerprint density at radius 3 is 1.31 bits per heavy atom. The van der Waals surface area contributed by atoms with Crippen LogP contribution in [0.5, 0.6) is 0 Å². The lowest BCUT2D eigenvalue weighted by atomic mass is 9.92. The molecule has 0 amide bonds. The molecule has 0 fully saturated rings. The summed E-state index contributed by atoms with van der Waals surface area (Å²) in [5.74, 6) is 0. The van der Waals surface area contributed by atoms with E-state index in [9.17, 15) is 0 Å². The van der Waals surface area contributed by atoms with Crippen molar-refractivity contribution in [1.29, 1.82) is 0 Å². The molecule has 0 aliphatic heterocycles. The Labute approximate surface area is 104 Å². The monoisotopic (exact) mass is 224 g/mol. The van der Waals surface area contributed by atoms with E-state index in [1.807, 2.05) is 27.7 Å². The van der Waals surface area contributed by atoms with Crippen LogP contribution in [0.2, 0.25) is 0 Å². The van der Waals surface area contributed by atoms with Crippen LogP contribution in [0.1, 0.15) is 80.1 Å². The Morgan fingerprint density at radius 1 is 0.750 bits per heavy atom. The van der Waals surface area contributed by atoms with Gasteiger partial charge in [0.05, 0.1) is 0 Å². The van der Waals surface area contributed by atoms with Crippen molar-refractivity contribution < 1.29 is 0 Å². The standard InChI is InChI=1S/C12H20.2C2H6/c1-3-7-11-9-5-6-10-12(11)8-4-2;2*1-2/h9-10H,3-8H2,1-2H3;2*1-2H3. The van der Waals surface area contributed by atoms with E-state index in [4.69, 9.17) is 0 Å². The van der Waals surface area contributed by atoms with E-state index in [1.54, 1.807) is 11.1 Å². The van der Waals surface area contributed by atoms with Gasteiger partial charge >= 0.3 is 0 Å². The average molecular weight is 224 g/mol. The molecule has 0 heterocycles. The third-order valence-electron chi connectivity index (χ3n) is 2.40. The van der Waals surface area contributed by atoms with Crippen LogP contribution in [0.15, 0.2) is 23.3 Å². The molecule has 0 saturated heterocycles. The van der Waals surface area contributed by atoms with Crippen molar-refractivity contribution in [3.05, 3.63) is 23.3 Å². The molecule has 96 valence electrons. The summed E-state index contributed by atoms with van der Waals surface area (Å²) in [4.78, 5) is 0. The summed E-state index contributed by atoms with van der Waals surface area (Å²) in [7, 11) is 0. The highest BCUT2D eigenvalue weighted by atomic mass is 14.1. The Balaban J connectivity index is 0. The fraction of sp³-hybridized carbons (Fsp3) is 0.750. The van der Waals surface area contributed by atoms with Gasteiger partial charge in [-0.25, -0.2) is 0 Å². The van der Waals surface area contributed by atoms with Gasteiger partial charge in [0, 0.05) is 0 Å². The SMILES string of the molecule is CC.CC.CCCC1=CCCC=C1CCC. The lowest BCUT2D eigenvalue weighted by Crippen LogP contribution is -1.95. The summed E-state index contributed by atoms with van der Waals surface area (Å²) in [6.07, 6.45) is 12.5. The minimum Gasteiger partial charge on any atom is -0.0807 e. The molecule has 0 bridgehead atoms. The van der Waals surface area contributed by atoms with Crippen molar-refractivity contribution in [3.63, 3.8) is 0 Å². The highest BCUT2D eigenvalue weighted by molar-refractivity contribution is 5.33. The van der Waals surface area contributed by atoms with Crippen molar-refractivity contribution in [3.8, 4) is 0 Å². The largest absolute Gasteiger partial charge is 0.0807 e. The molecule has 0 nitrogen and oxygen atoms in total. The molecule has 0 aromatic rings. The van der Waals surface area contributed by atoms with E-state index in [0.29, 0.717) is 0 Å². The molecule has 0 atom stereocenters. The molecule has 0 N–H and O–H groups in total. The number of hydrogen-bond acceptors (Lipinski definition) is 0. The summed E-state index contributed by atoms with van der Waals surface area (Å²) < 4.78 is 0. The van der Waals surface area contributed by atoms with Gasteiger partial charge in [-0.3, -0.25) is 0 Å². The number of hydrogen-bond donors (Lipinski definition) is 0. The van der Waals surface area contributed by atoms with Crippen LogP contribution in [0, 0.1) is 0 Å². The second-order valence-corrected chi connectivity index (χ2v) is 3.54. The van der Waals surface area contributed by atoms with Crippen LogP contribution in [0.25, 0.3) is 0 Å². The van der Waals surface area contributed by atoms with Crippen LogP contribution in [-0.2, 0) is 0 Å². The molecular weight excluding hydrogens is 192 g/mol. The smallest absolute Gasteiger partial charge is 0.0282 e. The maximum absolute atomic E-state index is 2.44. The third kappa shape index (κ3) is 7.73. The van der Waals surface area contributed by atoms with Gasteiger partial charge in [-0.05, 0) is 36.8 Å². The minimum absolute atomic E-state index is 1.27. The van der Waals surface area contributed by atoms with Crippen molar-refractivity contribution in [2.45, 2.75) is 80.1 Å². The van der Waals surface area contributed by atoms with Crippen LogP contribution in [0.4, 0.5) is 0 Å². The van der Waals surface area contributed by atoms with E-state index in [1.165, 1.54) is 38.5 Å². The zero-order valence-corrected chi connectivity index (χ0v) is 12.4. The first-order valence-electron chi connectivity index (χ1n) is 7.27. The Morgan fingerprint density at radius 2 is 1.06 bits per heavy atom. The summed E-state index contributed by atoms with van der Waals surface area (Å²) in [5.41, 5.74) is 3.26. The Hall–Kier alpha value is -0.520. The van der Waals surface area contributed by atoms with Crippen molar-refractivity contribution >= 4 is 0 Å². The zero-order valence-electron chi connectivity index (χ0n) is 12.4. The van der Waals surface area contributed by atoms with Gasteiger partial charge in [0.2, 0.25) is 0 Å². The van der Waals surface area contributed by atoms with Crippen LogP contribution < -0.4 is 0 Å². The average Bonchev–Trinajstić information content (AvgIpc) is 2.37. The second-order valence-electron chi connectivity index (χ2n) is 3.54. The van der Waals surface area contributed by atoms with Gasteiger partial charge in [-0.2, -0.15) is 0 Å². The van der Waals surface area contributed by atoms with E-state index in [-0.39, 0.29) is 0 Å². The molecule has 0 spiro atoms. The minimum atomic E-state index is 1.27. The lowest BCUT2D eigenvalue weighted by molar-refractivity contribution is 0.817. The van der Waals surface area contributed by atoms with Gasteiger partial charge in [-0.15, -0.1) is 0 Å². The summed E-state index contributed by atoms with van der Waals surface area (Å²) in [6.45, 7) is 12.5. The molecule has 1 aliphatic rings. The zero-order chi connectivity index (χ0) is 12.8. The topological polar surface area (TPSA) is 0 Å². The van der Waals surface area contributed by atoms with Crippen molar-refractivity contribution in [1.82, 2.24) is 0 Å². The lowest BCUT2D eigenvalue weighted by Gasteiger charge is -2.14. The van der Waals surface area contributed by atoms with E-state index < -0.39 is 0 Å². The van der Waals surface area contributed by atoms with Crippen LogP contribution in [0.3, 0.4) is 0 Å². The van der Waals surface area contributed by atoms with Crippen molar-refractivity contribution in [2.24, 2.45) is 0 Å². The van der Waals surface area contributed by atoms with Gasteiger partial charge < -0.3 is 0 Å². The Bertz CT molecular complexity index is 162.